The Bertz CT molecular complexity index is 322. The quantitative estimate of drug-likeness (QED) is 0.631. The summed E-state index contributed by atoms with van der Waals surface area (Å²) in [6.45, 7) is 1.44. The fourth-order valence-corrected chi connectivity index (χ4v) is 1.36. The molecule has 0 saturated heterocycles. The van der Waals surface area contributed by atoms with Crippen LogP contribution in [0, 0.1) is 0 Å². The van der Waals surface area contributed by atoms with Crippen LogP contribution in [0.4, 0.5) is 0 Å². The minimum Gasteiger partial charge on any atom is -0.353 e. The van der Waals surface area contributed by atoms with E-state index in [4.69, 9.17) is 4.52 Å². The second-order valence-electron chi connectivity index (χ2n) is 3.93. The van der Waals surface area contributed by atoms with Crippen molar-refractivity contribution in [2.75, 3.05) is 13.1 Å². The zero-order valence-corrected chi connectivity index (χ0v) is 9.11. The van der Waals surface area contributed by atoms with E-state index in [0.717, 1.165) is 19.4 Å². The Morgan fingerprint density at radius 1 is 1.50 bits per heavy atom. The lowest BCUT2D eigenvalue weighted by atomic mass is 10.3. The Balaban J connectivity index is 1.46. The number of hydrogen-bond acceptors (Lipinski definition) is 5. The number of hydrogen-bond donors (Lipinski definition) is 2. The van der Waals surface area contributed by atoms with Crippen LogP contribution in [0.25, 0.3) is 0 Å². The molecule has 6 nitrogen and oxygen atoms in total. The van der Waals surface area contributed by atoms with E-state index in [1.54, 1.807) is 0 Å². The van der Waals surface area contributed by atoms with E-state index in [9.17, 15) is 4.79 Å². The number of nitrogens with one attached hydrogen (secondary N) is 2. The molecular formula is C10H16N4O2. The van der Waals surface area contributed by atoms with E-state index in [2.05, 4.69) is 20.8 Å². The zero-order valence-electron chi connectivity index (χ0n) is 9.11. The van der Waals surface area contributed by atoms with E-state index in [1.165, 1.54) is 6.33 Å². The standard InChI is InChI=1S/C10H16N4O2/c15-9(14-8-1-2-8)3-5-11-6-4-10-12-7-13-16-10/h7-8,11H,1-6H2,(H,14,15). The SMILES string of the molecule is O=C(CCNCCc1ncno1)NC1CC1. The summed E-state index contributed by atoms with van der Waals surface area (Å²) >= 11 is 0. The minimum absolute atomic E-state index is 0.132. The average Bonchev–Trinajstić information content (AvgIpc) is 2.93. The van der Waals surface area contributed by atoms with Crippen LogP contribution in [0.15, 0.2) is 10.9 Å². The molecule has 16 heavy (non-hydrogen) atoms. The van der Waals surface area contributed by atoms with Crippen LogP contribution < -0.4 is 10.6 Å². The fourth-order valence-electron chi connectivity index (χ4n) is 1.36. The molecular weight excluding hydrogens is 208 g/mol. The minimum atomic E-state index is 0.132. The summed E-state index contributed by atoms with van der Waals surface area (Å²) in [4.78, 5) is 15.2. The van der Waals surface area contributed by atoms with Gasteiger partial charge in [0, 0.05) is 32.0 Å². The summed E-state index contributed by atoms with van der Waals surface area (Å²) in [7, 11) is 0. The lowest BCUT2D eigenvalue weighted by Crippen LogP contribution is -2.29. The van der Waals surface area contributed by atoms with Gasteiger partial charge < -0.3 is 15.2 Å². The van der Waals surface area contributed by atoms with E-state index >= 15 is 0 Å². The van der Waals surface area contributed by atoms with E-state index in [1.807, 2.05) is 0 Å². The first-order valence-corrected chi connectivity index (χ1v) is 5.60. The summed E-state index contributed by atoms with van der Waals surface area (Å²) in [5.41, 5.74) is 0. The van der Waals surface area contributed by atoms with Gasteiger partial charge in [0.15, 0.2) is 6.33 Å². The van der Waals surface area contributed by atoms with Gasteiger partial charge in [-0.15, -0.1) is 0 Å². The highest BCUT2D eigenvalue weighted by molar-refractivity contribution is 5.76. The number of nitrogens with zero attached hydrogens (tertiary/aromatic N) is 2. The van der Waals surface area contributed by atoms with Gasteiger partial charge in [-0.3, -0.25) is 4.79 Å². The first-order valence-electron chi connectivity index (χ1n) is 5.60. The second-order valence-corrected chi connectivity index (χ2v) is 3.93. The van der Waals surface area contributed by atoms with Crippen LogP contribution in [0.3, 0.4) is 0 Å². The van der Waals surface area contributed by atoms with Crippen molar-refractivity contribution in [1.82, 2.24) is 20.8 Å². The second kappa shape index (κ2) is 5.60. The number of rotatable bonds is 7. The molecule has 0 unspecified atom stereocenters. The molecule has 1 aromatic rings. The number of aromatic nitrogens is 2. The normalized spacial score (nSPS) is 15.0. The first-order chi connectivity index (χ1) is 7.84. The topological polar surface area (TPSA) is 80.1 Å². The van der Waals surface area contributed by atoms with Crippen LogP contribution in [0.5, 0.6) is 0 Å². The molecule has 0 radical (unpaired) electrons. The van der Waals surface area contributed by atoms with Gasteiger partial charge in [-0.2, -0.15) is 4.98 Å². The summed E-state index contributed by atoms with van der Waals surface area (Å²) in [5, 5.41) is 9.61. The molecule has 1 aliphatic carbocycles. The van der Waals surface area contributed by atoms with Gasteiger partial charge in [-0.25, -0.2) is 0 Å². The summed E-state index contributed by atoms with van der Waals surface area (Å²) in [6.07, 6.45) is 4.88. The van der Waals surface area contributed by atoms with Gasteiger partial charge in [-0.1, -0.05) is 5.16 Å². The highest BCUT2D eigenvalue weighted by Crippen LogP contribution is 2.18. The Morgan fingerprint density at radius 2 is 2.38 bits per heavy atom. The molecule has 2 N–H and O–H groups in total. The van der Waals surface area contributed by atoms with Crippen LogP contribution in [-0.4, -0.2) is 35.2 Å². The average molecular weight is 224 g/mol. The molecule has 0 atom stereocenters. The lowest BCUT2D eigenvalue weighted by Gasteiger charge is -2.03. The molecule has 1 fully saturated rings. The molecule has 1 saturated carbocycles. The molecule has 1 heterocycles. The maximum Gasteiger partial charge on any atom is 0.227 e. The molecule has 0 aliphatic heterocycles. The molecule has 6 heteroatoms. The number of carbonyl (C=O) groups is 1. The number of carbonyl (C=O) groups excluding carboxylic acids is 1. The van der Waals surface area contributed by atoms with E-state index in [-0.39, 0.29) is 5.91 Å². The highest BCUT2D eigenvalue weighted by atomic mass is 16.5. The molecule has 1 amide bonds. The maximum atomic E-state index is 11.3. The Labute approximate surface area is 93.8 Å². The van der Waals surface area contributed by atoms with Crippen molar-refractivity contribution < 1.29 is 9.32 Å². The lowest BCUT2D eigenvalue weighted by molar-refractivity contribution is -0.121. The molecule has 2 rings (SSSR count). The van der Waals surface area contributed by atoms with Gasteiger partial charge in [0.25, 0.3) is 0 Å². The first kappa shape index (κ1) is 11.1. The Hall–Kier alpha value is -1.43. The Kier molecular flexibility index (Phi) is 3.87. The van der Waals surface area contributed by atoms with Crippen molar-refractivity contribution in [3.8, 4) is 0 Å². The highest BCUT2D eigenvalue weighted by Gasteiger charge is 2.22. The largest absolute Gasteiger partial charge is 0.353 e. The predicted octanol–water partition coefficient (Wildman–Crippen LogP) is -0.130. The predicted molar refractivity (Wildman–Crippen MR) is 56.7 cm³/mol. The van der Waals surface area contributed by atoms with Crippen molar-refractivity contribution in [3.05, 3.63) is 12.2 Å². The molecule has 1 aromatic heterocycles. The fraction of sp³-hybridized carbons (Fsp3) is 0.700. The van der Waals surface area contributed by atoms with Gasteiger partial charge >= 0.3 is 0 Å². The smallest absolute Gasteiger partial charge is 0.227 e. The van der Waals surface area contributed by atoms with Gasteiger partial charge in [0.2, 0.25) is 11.8 Å². The molecule has 88 valence electrons. The maximum absolute atomic E-state index is 11.3. The third-order valence-corrected chi connectivity index (χ3v) is 2.39. The van der Waals surface area contributed by atoms with Gasteiger partial charge in [0.05, 0.1) is 0 Å². The van der Waals surface area contributed by atoms with Gasteiger partial charge in [-0.05, 0) is 12.8 Å². The Morgan fingerprint density at radius 3 is 3.06 bits per heavy atom. The van der Waals surface area contributed by atoms with E-state index in [0.29, 0.717) is 31.3 Å². The van der Waals surface area contributed by atoms with Crippen LogP contribution in [0.2, 0.25) is 0 Å². The number of amides is 1. The van der Waals surface area contributed by atoms with Crippen molar-refractivity contribution in [1.29, 1.82) is 0 Å². The molecule has 0 spiro atoms. The molecule has 0 bridgehead atoms. The van der Waals surface area contributed by atoms with Crippen LogP contribution in [-0.2, 0) is 11.2 Å². The van der Waals surface area contributed by atoms with E-state index < -0.39 is 0 Å². The van der Waals surface area contributed by atoms with Crippen molar-refractivity contribution in [2.45, 2.75) is 31.7 Å². The van der Waals surface area contributed by atoms with Crippen LogP contribution in [0.1, 0.15) is 25.2 Å². The van der Waals surface area contributed by atoms with Gasteiger partial charge in [0.1, 0.15) is 0 Å². The van der Waals surface area contributed by atoms with Crippen molar-refractivity contribution in [3.63, 3.8) is 0 Å². The third-order valence-electron chi connectivity index (χ3n) is 2.39. The molecule has 0 aromatic carbocycles. The summed E-state index contributed by atoms with van der Waals surface area (Å²) in [6, 6.07) is 0.450. The third kappa shape index (κ3) is 3.98. The summed E-state index contributed by atoms with van der Waals surface area (Å²) in [5.74, 6) is 0.753. The molecule has 1 aliphatic rings. The summed E-state index contributed by atoms with van der Waals surface area (Å²) < 4.78 is 4.84. The monoisotopic (exact) mass is 224 g/mol. The van der Waals surface area contributed by atoms with Crippen molar-refractivity contribution >= 4 is 5.91 Å². The van der Waals surface area contributed by atoms with Crippen LogP contribution >= 0.6 is 0 Å². The van der Waals surface area contributed by atoms with Crippen molar-refractivity contribution in [2.24, 2.45) is 0 Å². The zero-order chi connectivity index (χ0) is 11.2.